The number of nitrogens with two attached hydrogens (primary N) is 1. The van der Waals surface area contributed by atoms with E-state index in [0.29, 0.717) is 5.69 Å². The van der Waals surface area contributed by atoms with Crippen LogP contribution in [0.4, 0.5) is 17.2 Å². The second kappa shape index (κ2) is 4.81. The number of benzene rings is 2. The predicted molar refractivity (Wildman–Crippen MR) is 83.1 cm³/mol. The van der Waals surface area contributed by atoms with Gasteiger partial charge in [0.25, 0.3) is 0 Å². The van der Waals surface area contributed by atoms with E-state index in [0.717, 1.165) is 22.4 Å². The lowest BCUT2D eigenvalue weighted by Crippen LogP contribution is -1.99. The summed E-state index contributed by atoms with van der Waals surface area (Å²) in [7, 11) is 0. The van der Waals surface area contributed by atoms with E-state index in [-0.39, 0.29) is 0 Å². The highest BCUT2D eigenvalue weighted by Gasteiger charge is 2.06. The first-order valence-corrected chi connectivity index (χ1v) is 6.48. The first-order valence-electron chi connectivity index (χ1n) is 6.48. The molecule has 0 aliphatic carbocycles. The van der Waals surface area contributed by atoms with Crippen molar-refractivity contribution >= 4 is 28.1 Å². The molecule has 0 unspecified atom stereocenters. The molecule has 0 bridgehead atoms. The summed E-state index contributed by atoms with van der Waals surface area (Å²) in [6, 6.07) is 11.8. The fourth-order valence-corrected chi connectivity index (χ4v) is 2.19. The zero-order chi connectivity index (χ0) is 14.1. The Bertz CT molecular complexity index is 781. The van der Waals surface area contributed by atoms with Crippen LogP contribution in [0.1, 0.15) is 11.1 Å². The molecule has 20 heavy (non-hydrogen) atoms. The number of hydrogen-bond donors (Lipinski definition) is 2. The molecule has 0 fully saturated rings. The Morgan fingerprint density at radius 1 is 1.05 bits per heavy atom. The van der Waals surface area contributed by atoms with E-state index >= 15 is 0 Å². The first kappa shape index (κ1) is 12.4. The Hall–Kier alpha value is -2.62. The molecule has 100 valence electrons. The highest BCUT2D eigenvalue weighted by molar-refractivity contribution is 5.92. The Morgan fingerprint density at radius 3 is 2.75 bits per heavy atom. The average molecular weight is 264 g/mol. The maximum absolute atomic E-state index is 5.86. The van der Waals surface area contributed by atoms with Crippen LogP contribution >= 0.6 is 0 Å². The number of aromatic nitrogens is 2. The van der Waals surface area contributed by atoms with Gasteiger partial charge in [-0.2, -0.15) is 0 Å². The average Bonchev–Trinajstić information content (AvgIpc) is 2.44. The quantitative estimate of drug-likeness (QED) is 0.694. The molecule has 3 aromatic rings. The van der Waals surface area contributed by atoms with Crippen molar-refractivity contribution in [3.8, 4) is 0 Å². The van der Waals surface area contributed by atoms with Crippen LogP contribution in [0.15, 0.2) is 42.7 Å². The van der Waals surface area contributed by atoms with Crippen molar-refractivity contribution in [1.82, 2.24) is 9.97 Å². The molecule has 0 aliphatic heterocycles. The van der Waals surface area contributed by atoms with E-state index in [4.69, 9.17) is 5.73 Å². The minimum absolute atomic E-state index is 0.705. The molecule has 2 aromatic carbocycles. The van der Waals surface area contributed by atoms with Crippen molar-refractivity contribution < 1.29 is 0 Å². The van der Waals surface area contributed by atoms with Gasteiger partial charge in [-0.05, 0) is 49.2 Å². The standard InChI is InChI=1S/C16H16N4/c1-10-4-3-5-14(11(10)2)20-16-13-8-12(17)6-7-15(13)18-9-19-16/h3-9H,17H2,1-2H3,(H,18,19,20). The molecule has 3 N–H and O–H groups in total. The van der Waals surface area contributed by atoms with E-state index in [9.17, 15) is 0 Å². The third-order valence-corrected chi connectivity index (χ3v) is 3.52. The van der Waals surface area contributed by atoms with Gasteiger partial charge in [-0.1, -0.05) is 12.1 Å². The van der Waals surface area contributed by atoms with Gasteiger partial charge in [0.05, 0.1) is 5.52 Å². The third kappa shape index (κ3) is 2.16. The summed E-state index contributed by atoms with van der Waals surface area (Å²) >= 11 is 0. The van der Waals surface area contributed by atoms with E-state index in [1.165, 1.54) is 11.1 Å². The maximum atomic E-state index is 5.86. The molecular weight excluding hydrogens is 248 g/mol. The van der Waals surface area contributed by atoms with E-state index in [1.807, 2.05) is 30.3 Å². The SMILES string of the molecule is Cc1cccc(Nc2ncnc3ccc(N)cc23)c1C. The molecule has 0 aliphatic rings. The zero-order valence-corrected chi connectivity index (χ0v) is 11.5. The van der Waals surface area contributed by atoms with Gasteiger partial charge in [-0.3, -0.25) is 0 Å². The van der Waals surface area contributed by atoms with Crippen LogP contribution in [0.25, 0.3) is 10.9 Å². The highest BCUT2D eigenvalue weighted by Crippen LogP contribution is 2.27. The van der Waals surface area contributed by atoms with Gasteiger partial charge in [0.1, 0.15) is 12.1 Å². The molecule has 0 radical (unpaired) electrons. The van der Waals surface area contributed by atoms with Crippen LogP contribution in [0.5, 0.6) is 0 Å². The Kier molecular flexibility index (Phi) is 2.99. The smallest absolute Gasteiger partial charge is 0.141 e. The molecule has 0 saturated carbocycles. The fraction of sp³-hybridized carbons (Fsp3) is 0.125. The number of aryl methyl sites for hydroxylation is 1. The molecule has 3 rings (SSSR count). The minimum Gasteiger partial charge on any atom is -0.399 e. The molecule has 1 heterocycles. The maximum Gasteiger partial charge on any atom is 0.141 e. The van der Waals surface area contributed by atoms with Crippen LogP contribution in [0.2, 0.25) is 0 Å². The van der Waals surface area contributed by atoms with E-state index in [2.05, 4.69) is 35.2 Å². The molecular formula is C16H16N4. The molecule has 0 saturated heterocycles. The lowest BCUT2D eigenvalue weighted by molar-refractivity contribution is 1.21. The van der Waals surface area contributed by atoms with Crippen molar-refractivity contribution in [3.63, 3.8) is 0 Å². The summed E-state index contributed by atoms with van der Waals surface area (Å²) < 4.78 is 0. The van der Waals surface area contributed by atoms with Gasteiger partial charge in [0, 0.05) is 16.8 Å². The van der Waals surface area contributed by atoms with E-state index < -0.39 is 0 Å². The van der Waals surface area contributed by atoms with Crippen molar-refractivity contribution in [2.24, 2.45) is 0 Å². The zero-order valence-electron chi connectivity index (χ0n) is 11.5. The summed E-state index contributed by atoms with van der Waals surface area (Å²) in [5.74, 6) is 0.774. The van der Waals surface area contributed by atoms with Crippen LogP contribution in [-0.4, -0.2) is 9.97 Å². The summed E-state index contributed by atoms with van der Waals surface area (Å²) in [5.41, 5.74) is 10.9. The highest BCUT2D eigenvalue weighted by atomic mass is 15.0. The molecule has 4 heteroatoms. The van der Waals surface area contributed by atoms with Gasteiger partial charge in [0.15, 0.2) is 0 Å². The van der Waals surface area contributed by atoms with Crippen LogP contribution in [0.3, 0.4) is 0 Å². The van der Waals surface area contributed by atoms with Gasteiger partial charge in [0.2, 0.25) is 0 Å². The number of anilines is 3. The second-order valence-electron chi connectivity index (χ2n) is 4.87. The number of fused-ring (bicyclic) bond motifs is 1. The Labute approximate surface area is 117 Å². The summed E-state index contributed by atoms with van der Waals surface area (Å²) in [5, 5.41) is 4.30. The van der Waals surface area contributed by atoms with Crippen molar-refractivity contribution in [1.29, 1.82) is 0 Å². The van der Waals surface area contributed by atoms with Gasteiger partial charge in [-0.15, -0.1) is 0 Å². The van der Waals surface area contributed by atoms with Gasteiger partial charge >= 0.3 is 0 Å². The third-order valence-electron chi connectivity index (χ3n) is 3.52. The number of nitrogens with one attached hydrogen (secondary N) is 1. The summed E-state index contributed by atoms with van der Waals surface area (Å²) in [4.78, 5) is 8.59. The monoisotopic (exact) mass is 264 g/mol. The number of hydrogen-bond acceptors (Lipinski definition) is 4. The molecule has 4 nitrogen and oxygen atoms in total. The molecule has 1 aromatic heterocycles. The normalized spacial score (nSPS) is 10.7. The summed E-state index contributed by atoms with van der Waals surface area (Å²) in [6.07, 6.45) is 1.56. The number of nitrogens with zero attached hydrogens (tertiary/aromatic N) is 2. The lowest BCUT2D eigenvalue weighted by atomic mass is 10.1. The Morgan fingerprint density at radius 2 is 1.90 bits per heavy atom. The van der Waals surface area contributed by atoms with Crippen LogP contribution in [-0.2, 0) is 0 Å². The van der Waals surface area contributed by atoms with Crippen LogP contribution < -0.4 is 11.1 Å². The fourth-order valence-electron chi connectivity index (χ4n) is 2.19. The minimum atomic E-state index is 0.705. The second-order valence-corrected chi connectivity index (χ2v) is 4.87. The molecule has 0 atom stereocenters. The van der Waals surface area contributed by atoms with E-state index in [1.54, 1.807) is 6.33 Å². The van der Waals surface area contributed by atoms with Crippen LogP contribution in [0, 0.1) is 13.8 Å². The van der Waals surface area contributed by atoms with Crippen molar-refractivity contribution in [3.05, 3.63) is 53.9 Å². The number of rotatable bonds is 2. The lowest BCUT2D eigenvalue weighted by Gasteiger charge is -2.12. The Balaban J connectivity index is 2.11. The molecule has 0 spiro atoms. The number of nitrogen functional groups attached to an aromatic ring is 1. The van der Waals surface area contributed by atoms with Crippen molar-refractivity contribution in [2.45, 2.75) is 13.8 Å². The predicted octanol–water partition coefficient (Wildman–Crippen LogP) is 3.57. The van der Waals surface area contributed by atoms with Gasteiger partial charge in [-0.25, -0.2) is 9.97 Å². The van der Waals surface area contributed by atoms with Gasteiger partial charge < -0.3 is 11.1 Å². The summed E-state index contributed by atoms with van der Waals surface area (Å²) in [6.45, 7) is 4.19. The largest absolute Gasteiger partial charge is 0.399 e. The molecule has 0 amide bonds. The first-order chi connectivity index (χ1) is 9.65. The van der Waals surface area contributed by atoms with Crippen molar-refractivity contribution in [2.75, 3.05) is 11.1 Å². The topological polar surface area (TPSA) is 63.8 Å².